The first-order valence-electron chi connectivity index (χ1n) is 7.97. The monoisotopic (exact) mass is 346 g/mol. The lowest BCUT2D eigenvalue weighted by Gasteiger charge is -2.43. The second kappa shape index (κ2) is 9.24. The van der Waals surface area contributed by atoms with E-state index in [0.717, 1.165) is 6.92 Å². The molecule has 0 fully saturated rings. The third kappa shape index (κ3) is 4.69. The summed E-state index contributed by atoms with van der Waals surface area (Å²) in [5.74, 6) is -5.79. The zero-order valence-corrected chi connectivity index (χ0v) is 14.3. The van der Waals surface area contributed by atoms with Gasteiger partial charge in [-0.2, -0.15) is 0 Å². The molecule has 0 saturated carbocycles. The summed E-state index contributed by atoms with van der Waals surface area (Å²) in [5.41, 5.74) is -4.66. The number of ether oxygens (including phenoxy) is 1. The zero-order chi connectivity index (χ0) is 19.0. The zero-order valence-electron chi connectivity index (χ0n) is 14.3. The number of esters is 1. The quantitative estimate of drug-likeness (QED) is 0.458. The van der Waals surface area contributed by atoms with Gasteiger partial charge in [-0.1, -0.05) is 39.5 Å². The maximum Gasteiger partial charge on any atom is 0.350 e. The van der Waals surface area contributed by atoms with E-state index >= 15 is 0 Å². The van der Waals surface area contributed by atoms with Crippen molar-refractivity contribution >= 4 is 23.9 Å². The highest BCUT2D eigenvalue weighted by Crippen LogP contribution is 2.47. The summed E-state index contributed by atoms with van der Waals surface area (Å²) in [6.45, 7) is 4.54. The van der Waals surface area contributed by atoms with Crippen LogP contribution in [0.3, 0.4) is 0 Å². The van der Waals surface area contributed by atoms with Gasteiger partial charge in [-0.25, -0.2) is 4.79 Å². The molecular formula is C16H26O8. The molecule has 138 valence electrons. The van der Waals surface area contributed by atoms with Gasteiger partial charge in [-0.3, -0.25) is 14.4 Å². The molecule has 0 saturated heterocycles. The van der Waals surface area contributed by atoms with Crippen LogP contribution in [0.25, 0.3) is 0 Å². The molecule has 1 unspecified atom stereocenters. The number of carboxylic acids is 3. The molecule has 0 aromatic carbocycles. The van der Waals surface area contributed by atoms with Crippen LogP contribution in [0, 0.1) is 5.41 Å². The van der Waals surface area contributed by atoms with Crippen molar-refractivity contribution in [2.24, 2.45) is 5.41 Å². The third-order valence-corrected chi connectivity index (χ3v) is 4.16. The molecule has 0 heterocycles. The van der Waals surface area contributed by atoms with Crippen molar-refractivity contribution in [3.63, 3.8) is 0 Å². The van der Waals surface area contributed by atoms with Crippen LogP contribution < -0.4 is 0 Å². The summed E-state index contributed by atoms with van der Waals surface area (Å²) in [6, 6.07) is 0. The molecule has 0 radical (unpaired) electrons. The van der Waals surface area contributed by atoms with Crippen LogP contribution in [-0.4, -0.2) is 44.8 Å². The first kappa shape index (κ1) is 21.9. The SMILES string of the molecule is CCCCC(CCCC)(C(=O)O)C(CC(=O)O)(OC(C)=O)C(=O)O. The fourth-order valence-electron chi connectivity index (χ4n) is 2.96. The number of carboxylic acid groups (broad SMARTS) is 3. The topological polar surface area (TPSA) is 138 Å². The van der Waals surface area contributed by atoms with Crippen LogP contribution >= 0.6 is 0 Å². The minimum absolute atomic E-state index is 0.0916. The summed E-state index contributed by atoms with van der Waals surface area (Å²) < 4.78 is 4.93. The fourth-order valence-corrected chi connectivity index (χ4v) is 2.96. The average Bonchev–Trinajstić information content (AvgIpc) is 2.45. The Morgan fingerprint density at radius 3 is 1.58 bits per heavy atom. The molecule has 0 bridgehead atoms. The number of hydrogen-bond donors (Lipinski definition) is 3. The van der Waals surface area contributed by atoms with Crippen LogP contribution in [0.4, 0.5) is 0 Å². The van der Waals surface area contributed by atoms with E-state index in [1.54, 1.807) is 13.8 Å². The molecule has 0 aromatic rings. The maximum atomic E-state index is 12.1. The van der Waals surface area contributed by atoms with Crippen molar-refractivity contribution in [1.82, 2.24) is 0 Å². The lowest BCUT2D eigenvalue weighted by atomic mass is 9.64. The highest BCUT2D eigenvalue weighted by atomic mass is 16.6. The highest BCUT2D eigenvalue weighted by Gasteiger charge is 2.64. The van der Waals surface area contributed by atoms with E-state index < -0.39 is 41.3 Å². The Hall–Kier alpha value is -2.12. The van der Waals surface area contributed by atoms with Crippen LogP contribution in [0.1, 0.15) is 65.7 Å². The molecule has 8 nitrogen and oxygen atoms in total. The second-order valence-corrected chi connectivity index (χ2v) is 5.89. The number of carbonyl (C=O) groups is 4. The molecule has 0 amide bonds. The lowest BCUT2D eigenvalue weighted by Crippen LogP contribution is -2.61. The average molecular weight is 346 g/mol. The van der Waals surface area contributed by atoms with Gasteiger partial charge in [0.25, 0.3) is 0 Å². The standard InChI is InChI=1S/C16H26O8/c1-4-6-8-15(13(20)21,9-7-5-2)16(14(22)23,10-12(18)19)24-11(3)17/h4-10H2,1-3H3,(H,18,19)(H,20,21)(H,22,23). The number of aliphatic carboxylic acids is 3. The maximum absolute atomic E-state index is 12.1. The molecule has 3 N–H and O–H groups in total. The molecule has 0 aliphatic heterocycles. The molecule has 0 spiro atoms. The van der Waals surface area contributed by atoms with Crippen LogP contribution in [0.2, 0.25) is 0 Å². The smallest absolute Gasteiger partial charge is 0.350 e. The predicted molar refractivity (Wildman–Crippen MR) is 83.5 cm³/mol. The summed E-state index contributed by atoms with van der Waals surface area (Å²) >= 11 is 0. The van der Waals surface area contributed by atoms with E-state index in [2.05, 4.69) is 0 Å². The van der Waals surface area contributed by atoms with Crippen molar-refractivity contribution in [2.45, 2.75) is 71.3 Å². The van der Waals surface area contributed by atoms with Crippen molar-refractivity contribution in [3.8, 4) is 0 Å². The Labute approximate surface area is 140 Å². The normalized spacial score (nSPS) is 13.8. The Morgan fingerprint density at radius 1 is 0.875 bits per heavy atom. The Bertz CT molecular complexity index is 458. The van der Waals surface area contributed by atoms with E-state index in [0.29, 0.717) is 25.7 Å². The number of carbonyl (C=O) groups excluding carboxylic acids is 1. The number of unbranched alkanes of at least 4 members (excludes halogenated alkanes) is 2. The minimum Gasteiger partial charge on any atom is -0.481 e. The van der Waals surface area contributed by atoms with Crippen molar-refractivity contribution in [3.05, 3.63) is 0 Å². The van der Waals surface area contributed by atoms with Gasteiger partial charge in [0.1, 0.15) is 5.41 Å². The molecule has 0 aliphatic rings. The van der Waals surface area contributed by atoms with E-state index in [1.807, 2.05) is 0 Å². The summed E-state index contributed by atoms with van der Waals surface area (Å²) in [6.07, 6.45) is 0.616. The number of hydrogen-bond acceptors (Lipinski definition) is 5. The van der Waals surface area contributed by atoms with Crippen molar-refractivity contribution < 1.29 is 39.2 Å². The van der Waals surface area contributed by atoms with Gasteiger partial charge in [-0.15, -0.1) is 0 Å². The largest absolute Gasteiger partial charge is 0.481 e. The first-order chi connectivity index (χ1) is 11.1. The Kier molecular flexibility index (Phi) is 8.43. The molecule has 8 heteroatoms. The summed E-state index contributed by atoms with van der Waals surface area (Å²) in [7, 11) is 0. The van der Waals surface area contributed by atoms with Gasteiger partial charge in [0.05, 0.1) is 6.42 Å². The van der Waals surface area contributed by atoms with Gasteiger partial charge in [0, 0.05) is 6.92 Å². The van der Waals surface area contributed by atoms with E-state index in [4.69, 9.17) is 9.84 Å². The van der Waals surface area contributed by atoms with Gasteiger partial charge < -0.3 is 20.1 Å². The van der Waals surface area contributed by atoms with Gasteiger partial charge in [0.2, 0.25) is 5.60 Å². The molecule has 1 atom stereocenters. The highest BCUT2D eigenvalue weighted by molar-refractivity contribution is 5.94. The van der Waals surface area contributed by atoms with Gasteiger partial charge in [-0.05, 0) is 12.8 Å². The Balaban J connectivity index is 6.46. The second-order valence-electron chi connectivity index (χ2n) is 5.89. The van der Waals surface area contributed by atoms with Gasteiger partial charge >= 0.3 is 23.9 Å². The van der Waals surface area contributed by atoms with E-state index in [1.165, 1.54) is 0 Å². The molecule has 0 aliphatic carbocycles. The first-order valence-corrected chi connectivity index (χ1v) is 7.97. The van der Waals surface area contributed by atoms with E-state index in [9.17, 15) is 29.4 Å². The molecule has 0 rings (SSSR count). The van der Waals surface area contributed by atoms with Crippen LogP contribution in [0.15, 0.2) is 0 Å². The summed E-state index contributed by atoms with van der Waals surface area (Å²) in [5, 5.41) is 28.7. The fraction of sp³-hybridized carbons (Fsp3) is 0.750. The minimum atomic E-state index is -2.65. The van der Waals surface area contributed by atoms with Crippen molar-refractivity contribution in [2.75, 3.05) is 0 Å². The lowest BCUT2D eigenvalue weighted by molar-refractivity contribution is -0.209. The summed E-state index contributed by atoms with van der Waals surface area (Å²) in [4.78, 5) is 46.8. The van der Waals surface area contributed by atoms with Crippen LogP contribution in [-0.2, 0) is 23.9 Å². The van der Waals surface area contributed by atoms with Crippen molar-refractivity contribution in [1.29, 1.82) is 0 Å². The molecule has 24 heavy (non-hydrogen) atoms. The van der Waals surface area contributed by atoms with E-state index in [-0.39, 0.29) is 12.8 Å². The molecular weight excluding hydrogens is 320 g/mol. The number of rotatable bonds is 12. The predicted octanol–water partition coefficient (Wildman–Crippen LogP) is 2.30. The van der Waals surface area contributed by atoms with Crippen LogP contribution in [0.5, 0.6) is 0 Å². The molecule has 0 aromatic heterocycles. The van der Waals surface area contributed by atoms with Gasteiger partial charge in [0.15, 0.2) is 0 Å². The third-order valence-electron chi connectivity index (χ3n) is 4.16. The Morgan fingerprint density at radius 2 is 1.33 bits per heavy atom.